The molecule has 1 aromatic carbocycles. The molecule has 0 bridgehead atoms. The molecular weight excluding hydrogens is 314 g/mol. The summed E-state index contributed by atoms with van der Waals surface area (Å²) >= 11 is 1.32. The molecule has 0 spiro atoms. The van der Waals surface area contributed by atoms with Gasteiger partial charge in [-0.15, -0.1) is 11.3 Å². The first kappa shape index (κ1) is 15.8. The van der Waals surface area contributed by atoms with Gasteiger partial charge in [0.15, 0.2) is 10.6 Å². The number of amides is 1. The number of rotatable bonds is 4. The fraction of sp³-hybridized carbons (Fsp3) is 0.412. The summed E-state index contributed by atoms with van der Waals surface area (Å²) in [5.41, 5.74) is 0.724. The van der Waals surface area contributed by atoms with E-state index in [1.54, 1.807) is 0 Å². The first-order valence-electron chi connectivity index (χ1n) is 7.63. The average molecular weight is 333 g/mol. The Bertz CT molecular complexity index is 746. The lowest BCUT2D eigenvalue weighted by Gasteiger charge is -2.10. The molecule has 0 aliphatic heterocycles. The third-order valence-corrected chi connectivity index (χ3v) is 5.34. The maximum Gasteiger partial charge on any atom is 0.351 e. The molecule has 0 saturated heterocycles. The molecule has 5 nitrogen and oxygen atoms in total. The lowest BCUT2D eigenvalue weighted by Crippen LogP contribution is -2.20. The zero-order chi connectivity index (χ0) is 16.4. The minimum absolute atomic E-state index is 0.0734. The number of carbonyl (C=O) groups excluding carboxylic acids is 2. The van der Waals surface area contributed by atoms with Crippen LogP contribution >= 0.6 is 11.3 Å². The van der Waals surface area contributed by atoms with Crippen molar-refractivity contribution < 1.29 is 19.1 Å². The Hall–Kier alpha value is -2.08. The highest BCUT2D eigenvalue weighted by atomic mass is 32.1. The van der Waals surface area contributed by atoms with Gasteiger partial charge in [-0.25, -0.2) is 4.79 Å². The van der Waals surface area contributed by atoms with E-state index in [-0.39, 0.29) is 11.8 Å². The molecule has 1 heterocycles. The van der Waals surface area contributed by atoms with Crippen LogP contribution in [0, 0.1) is 5.92 Å². The van der Waals surface area contributed by atoms with E-state index < -0.39 is 5.97 Å². The fourth-order valence-electron chi connectivity index (χ4n) is 3.01. The Morgan fingerprint density at radius 3 is 2.61 bits per heavy atom. The van der Waals surface area contributed by atoms with Crippen molar-refractivity contribution in [1.29, 1.82) is 0 Å². The molecule has 23 heavy (non-hydrogen) atoms. The van der Waals surface area contributed by atoms with Crippen LogP contribution < -0.4 is 10.1 Å². The highest BCUT2D eigenvalue weighted by Crippen LogP contribution is 2.39. The molecular formula is C17H19NO4S. The van der Waals surface area contributed by atoms with Gasteiger partial charge in [-0.3, -0.25) is 4.79 Å². The van der Waals surface area contributed by atoms with Crippen LogP contribution in [0.2, 0.25) is 0 Å². The summed E-state index contributed by atoms with van der Waals surface area (Å²) in [6.07, 6.45) is 4.17. The lowest BCUT2D eigenvalue weighted by molar-refractivity contribution is -0.119. The second kappa shape index (κ2) is 6.58. The van der Waals surface area contributed by atoms with Gasteiger partial charge in [0.1, 0.15) is 0 Å². The maximum absolute atomic E-state index is 12.3. The summed E-state index contributed by atoms with van der Waals surface area (Å²) in [6, 6.07) is 5.59. The molecule has 2 aromatic rings. The molecule has 6 heteroatoms. The Labute approximate surface area is 138 Å². The molecule has 0 atom stereocenters. The molecule has 122 valence electrons. The first-order valence-corrected chi connectivity index (χ1v) is 8.45. The standard InChI is InChI=1S/C17H19NO4S/c1-21-14-12-9-11(18-16(19)10-5-3-4-6-10)7-8-13(12)23-15(14)17(20)22-2/h7-10H,3-6H2,1-2H3,(H,18,19). The number of esters is 1. The van der Waals surface area contributed by atoms with Crippen molar-refractivity contribution in [2.45, 2.75) is 25.7 Å². The predicted molar refractivity (Wildman–Crippen MR) is 90.3 cm³/mol. The number of hydrogen-bond donors (Lipinski definition) is 1. The summed E-state index contributed by atoms with van der Waals surface area (Å²) in [7, 11) is 2.87. The van der Waals surface area contributed by atoms with Crippen molar-refractivity contribution in [2.24, 2.45) is 5.92 Å². The summed E-state index contributed by atoms with van der Waals surface area (Å²) in [4.78, 5) is 24.5. The molecule has 3 rings (SSSR count). The largest absolute Gasteiger partial charge is 0.494 e. The zero-order valence-electron chi connectivity index (χ0n) is 13.2. The number of methoxy groups -OCH3 is 2. The van der Waals surface area contributed by atoms with E-state index in [0.717, 1.165) is 41.5 Å². The van der Waals surface area contributed by atoms with Crippen LogP contribution in [0.1, 0.15) is 35.4 Å². The van der Waals surface area contributed by atoms with Gasteiger partial charge >= 0.3 is 5.97 Å². The van der Waals surface area contributed by atoms with Crippen molar-refractivity contribution >= 4 is 39.0 Å². The minimum Gasteiger partial charge on any atom is -0.494 e. The Morgan fingerprint density at radius 2 is 1.96 bits per heavy atom. The fourth-order valence-corrected chi connectivity index (χ4v) is 4.09. The second-order valence-electron chi connectivity index (χ2n) is 5.64. The lowest BCUT2D eigenvalue weighted by atomic mass is 10.1. The van der Waals surface area contributed by atoms with Gasteiger partial charge in [-0.05, 0) is 31.0 Å². The van der Waals surface area contributed by atoms with E-state index in [1.807, 2.05) is 18.2 Å². The zero-order valence-corrected chi connectivity index (χ0v) is 14.0. The van der Waals surface area contributed by atoms with Gasteiger partial charge in [0.2, 0.25) is 5.91 Å². The normalized spacial score (nSPS) is 14.9. The monoisotopic (exact) mass is 333 g/mol. The number of nitrogens with one attached hydrogen (secondary N) is 1. The second-order valence-corrected chi connectivity index (χ2v) is 6.69. The van der Waals surface area contributed by atoms with Gasteiger partial charge in [-0.2, -0.15) is 0 Å². The molecule has 0 unspecified atom stereocenters. The van der Waals surface area contributed by atoms with Crippen LogP contribution in [-0.2, 0) is 9.53 Å². The van der Waals surface area contributed by atoms with Crippen LogP contribution in [0.4, 0.5) is 5.69 Å². The number of benzene rings is 1. The summed E-state index contributed by atoms with van der Waals surface area (Å²) < 4.78 is 11.1. The highest BCUT2D eigenvalue weighted by Gasteiger charge is 2.24. The Balaban J connectivity index is 1.91. The van der Waals surface area contributed by atoms with Crippen LogP contribution in [0.3, 0.4) is 0 Å². The highest BCUT2D eigenvalue weighted by molar-refractivity contribution is 7.21. The van der Waals surface area contributed by atoms with Crippen LogP contribution in [0.15, 0.2) is 18.2 Å². The molecule has 1 aromatic heterocycles. The van der Waals surface area contributed by atoms with Crippen molar-refractivity contribution in [3.63, 3.8) is 0 Å². The Kier molecular flexibility index (Phi) is 4.52. The predicted octanol–water partition coefficient (Wildman–Crippen LogP) is 3.83. The van der Waals surface area contributed by atoms with Gasteiger partial charge in [0.25, 0.3) is 0 Å². The number of fused-ring (bicyclic) bond motifs is 1. The summed E-state index contributed by atoms with van der Waals surface area (Å²) in [6.45, 7) is 0. The van der Waals surface area contributed by atoms with E-state index >= 15 is 0 Å². The SMILES string of the molecule is COC(=O)c1sc2ccc(NC(=O)C3CCCC3)cc2c1OC. The quantitative estimate of drug-likeness (QED) is 0.864. The van der Waals surface area contributed by atoms with Crippen LogP contribution in [0.25, 0.3) is 10.1 Å². The molecule has 1 saturated carbocycles. The number of thiophene rings is 1. The average Bonchev–Trinajstić information content (AvgIpc) is 3.21. The Morgan fingerprint density at radius 1 is 1.22 bits per heavy atom. The molecule has 1 aliphatic rings. The van der Waals surface area contributed by atoms with Crippen LogP contribution in [-0.4, -0.2) is 26.1 Å². The van der Waals surface area contributed by atoms with Gasteiger partial charge in [0, 0.05) is 21.7 Å². The topological polar surface area (TPSA) is 64.6 Å². The maximum atomic E-state index is 12.3. The third-order valence-electron chi connectivity index (χ3n) is 4.21. The van der Waals surface area contributed by atoms with Gasteiger partial charge in [0.05, 0.1) is 14.2 Å². The minimum atomic E-state index is -0.417. The third kappa shape index (κ3) is 3.03. The first-order chi connectivity index (χ1) is 11.1. The number of ether oxygens (including phenoxy) is 2. The molecule has 1 N–H and O–H groups in total. The van der Waals surface area contributed by atoms with Crippen LogP contribution in [0.5, 0.6) is 5.75 Å². The smallest absolute Gasteiger partial charge is 0.351 e. The van der Waals surface area contributed by atoms with E-state index in [4.69, 9.17) is 9.47 Å². The van der Waals surface area contributed by atoms with E-state index in [1.165, 1.54) is 25.6 Å². The van der Waals surface area contributed by atoms with Crippen molar-refractivity contribution in [1.82, 2.24) is 0 Å². The summed E-state index contributed by atoms with van der Waals surface area (Å²) in [5.74, 6) is 0.262. The van der Waals surface area contributed by atoms with E-state index in [0.29, 0.717) is 10.6 Å². The number of carbonyl (C=O) groups is 2. The van der Waals surface area contributed by atoms with Gasteiger partial charge in [-0.1, -0.05) is 12.8 Å². The van der Waals surface area contributed by atoms with Gasteiger partial charge < -0.3 is 14.8 Å². The van der Waals surface area contributed by atoms with Crippen molar-refractivity contribution in [3.8, 4) is 5.75 Å². The molecule has 1 fully saturated rings. The molecule has 1 amide bonds. The number of hydrogen-bond acceptors (Lipinski definition) is 5. The summed E-state index contributed by atoms with van der Waals surface area (Å²) in [5, 5.41) is 3.78. The van der Waals surface area contributed by atoms with Crippen molar-refractivity contribution in [2.75, 3.05) is 19.5 Å². The van der Waals surface area contributed by atoms with E-state index in [2.05, 4.69) is 5.32 Å². The number of anilines is 1. The van der Waals surface area contributed by atoms with Crippen molar-refractivity contribution in [3.05, 3.63) is 23.1 Å². The van der Waals surface area contributed by atoms with E-state index in [9.17, 15) is 9.59 Å². The molecule has 0 radical (unpaired) electrons. The molecule has 1 aliphatic carbocycles.